The molecule has 1 aromatic heterocycles. The molecule has 0 aliphatic carbocycles. The van der Waals surface area contributed by atoms with E-state index >= 15 is 0 Å². The van der Waals surface area contributed by atoms with Gasteiger partial charge >= 0.3 is 6.18 Å². The molecule has 1 aromatic carbocycles. The maximum atomic E-state index is 12.8. The quantitative estimate of drug-likeness (QED) is 0.891. The molecule has 0 amide bonds. The fourth-order valence-corrected chi connectivity index (χ4v) is 1.63. The molecule has 0 fully saturated rings. The maximum absolute atomic E-state index is 12.8. The molecule has 18 heavy (non-hydrogen) atoms. The highest BCUT2D eigenvalue weighted by atomic mass is 19.4. The van der Waals surface area contributed by atoms with E-state index < -0.39 is 11.7 Å². The Morgan fingerprint density at radius 3 is 2.33 bits per heavy atom. The molecule has 0 aliphatic heterocycles. The lowest BCUT2D eigenvalue weighted by Crippen LogP contribution is -2.07. The van der Waals surface area contributed by atoms with Crippen LogP contribution < -0.4 is 0 Å². The number of pyridine rings is 1. The SMILES string of the molecule is OCc1ccc(-c2ccccc2C(F)(F)F)nc1. The minimum absolute atomic E-state index is 0.0366. The monoisotopic (exact) mass is 253 g/mol. The van der Waals surface area contributed by atoms with Gasteiger partial charge in [-0.2, -0.15) is 13.2 Å². The predicted molar refractivity (Wildman–Crippen MR) is 60.6 cm³/mol. The van der Waals surface area contributed by atoms with Crippen molar-refractivity contribution in [1.82, 2.24) is 4.98 Å². The van der Waals surface area contributed by atoms with Gasteiger partial charge < -0.3 is 5.11 Å². The topological polar surface area (TPSA) is 33.1 Å². The Balaban J connectivity index is 2.50. The van der Waals surface area contributed by atoms with Crippen LogP contribution in [-0.4, -0.2) is 10.1 Å². The fourth-order valence-electron chi connectivity index (χ4n) is 1.63. The summed E-state index contributed by atoms with van der Waals surface area (Å²) >= 11 is 0. The lowest BCUT2D eigenvalue weighted by Gasteiger charge is -2.12. The summed E-state index contributed by atoms with van der Waals surface area (Å²) in [6, 6.07) is 8.30. The van der Waals surface area contributed by atoms with Crippen LogP contribution in [0, 0.1) is 0 Å². The maximum Gasteiger partial charge on any atom is 0.417 e. The van der Waals surface area contributed by atoms with Gasteiger partial charge in [0.15, 0.2) is 0 Å². The van der Waals surface area contributed by atoms with E-state index in [9.17, 15) is 13.2 Å². The van der Waals surface area contributed by atoms with Gasteiger partial charge in [-0.05, 0) is 17.7 Å². The summed E-state index contributed by atoms with van der Waals surface area (Å²) in [7, 11) is 0. The van der Waals surface area contributed by atoms with Gasteiger partial charge in [-0.15, -0.1) is 0 Å². The molecule has 0 aliphatic rings. The highest BCUT2D eigenvalue weighted by Gasteiger charge is 2.33. The van der Waals surface area contributed by atoms with Crippen LogP contribution in [0.5, 0.6) is 0 Å². The van der Waals surface area contributed by atoms with Crippen LogP contribution in [0.3, 0.4) is 0 Å². The molecule has 94 valence electrons. The van der Waals surface area contributed by atoms with Gasteiger partial charge in [-0.3, -0.25) is 4.98 Å². The second-order valence-corrected chi connectivity index (χ2v) is 3.75. The van der Waals surface area contributed by atoms with E-state index in [0.717, 1.165) is 6.07 Å². The van der Waals surface area contributed by atoms with Crippen LogP contribution in [0.4, 0.5) is 13.2 Å². The first kappa shape index (κ1) is 12.6. The Bertz CT molecular complexity index is 535. The first-order chi connectivity index (χ1) is 8.52. The van der Waals surface area contributed by atoms with Crippen LogP contribution >= 0.6 is 0 Å². The van der Waals surface area contributed by atoms with E-state index in [1.165, 1.54) is 30.5 Å². The van der Waals surface area contributed by atoms with E-state index in [-0.39, 0.29) is 17.9 Å². The second kappa shape index (κ2) is 4.78. The van der Waals surface area contributed by atoms with E-state index in [1.54, 1.807) is 6.07 Å². The molecule has 2 nitrogen and oxygen atoms in total. The largest absolute Gasteiger partial charge is 0.417 e. The Morgan fingerprint density at radius 2 is 1.78 bits per heavy atom. The van der Waals surface area contributed by atoms with Gasteiger partial charge in [0.2, 0.25) is 0 Å². The van der Waals surface area contributed by atoms with Crippen molar-refractivity contribution in [1.29, 1.82) is 0 Å². The van der Waals surface area contributed by atoms with Crippen molar-refractivity contribution in [2.24, 2.45) is 0 Å². The average Bonchev–Trinajstić information content (AvgIpc) is 2.38. The number of nitrogens with zero attached hydrogens (tertiary/aromatic N) is 1. The van der Waals surface area contributed by atoms with E-state index in [2.05, 4.69) is 4.98 Å². The second-order valence-electron chi connectivity index (χ2n) is 3.75. The number of aliphatic hydroxyl groups excluding tert-OH is 1. The summed E-state index contributed by atoms with van der Waals surface area (Å²) in [5.41, 5.74) is 0.118. The fraction of sp³-hybridized carbons (Fsp3) is 0.154. The van der Waals surface area contributed by atoms with Crippen LogP contribution in [0.1, 0.15) is 11.1 Å². The summed E-state index contributed by atoms with van der Waals surface area (Å²) in [6.07, 6.45) is -3.05. The Labute approximate surface area is 102 Å². The minimum Gasteiger partial charge on any atom is -0.392 e. The standard InChI is InChI=1S/C13H10F3NO/c14-13(15,16)11-4-2-1-3-10(11)12-6-5-9(8-18)7-17-12/h1-7,18H,8H2. The first-order valence-corrected chi connectivity index (χ1v) is 5.25. The van der Waals surface area contributed by atoms with Crippen LogP contribution in [0.25, 0.3) is 11.3 Å². The molecule has 2 rings (SSSR count). The van der Waals surface area contributed by atoms with E-state index in [1.807, 2.05) is 0 Å². The summed E-state index contributed by atoms with van der Waals surface area (Å²) < 4.78 is 38.4. The highest BCUT2D eigenvalue weighted by Crippen LogP contribution is 2.36. The zero-order chi connectivity index (χ0) is 13.2. The van der Waals surface area contributed by atoms with Crippen LogP contribution in [0.2, 0.25) is 0 Å². The van der Waals surface area contributed by atoms with Crippen molar-refractivity contribution in [2.45, 2.75) is 12.8 Å². The molecule has 0 saturated heterocycles. The number of halogens is 3. The normalized spacial score (nSPS) is 11.6. The molecule has 0 spiro atoms. The van der Waals surface area contributed by atoms with Gasteiger partial charge in [-0.25, -0.2) is 0 Å². The zero-order valence-corrected chi connectivity index (χ0v) is 9.28. The van der Waals surface area contributed by atoms with Crippen molar-refractivity contribution in [3.05, 3.63) is 53.7 Å². The molecule has 0 unspecified atom stereocenters. The average molecular weight is 253 g/mol. The number of alkyl halides is 3. The first-order valence-electron chi connectivity index (χ1n) is 5.25. The molecular weight excluding hydrogens is 243 g/mol. The summed E-state index contributed by atoms with van der Waals surface area (Å²) in [5.74, 6) is 0. The van der Waals surface area contributed by atoms with E-state index in [0.29, 0.717) is 5.56 Å². The third-order valence-electron chi connectivity index (χ3n) is 2.52. The molecule has 1 N–H and O–H groups in total. The number of benzene rings is 1. The molecule has 2 aromatic rings. The number of rotatable bonds is 2. The summed E-state index contributed by atoms with van der Waals surface area (Å²) in [6.45, 7) is -0.186. The predicted octanol–water partition coefficient (Wildman–Crippen LogP) is 3.26. The van der Waals surface area contributed by atoms with Gasteiger partial charge in [-0.1, -0.05) is 24.3 Å². The van der Waals surface area contributed by atoms with Gasteiger partial charge in [0.05, 0.1) is 17.9 Å². The smallest absolute Gasteiger partial charge is 0.392 e. The van der Waals surface area contributed by atoms with Gasteiger partial charge in [0.25, 0.3) is 0 Å². The number of aromatic nitrogens is 1. The zero-order valence-electron chi connectivity index (χ0n) is 9.28. The van der Waals surface area contributed by atoms with E-state index in [4.69, 9.17) is 5.11 Å². The molecular formula is C13H10F3NO. The molecule has 0 saturated carbocycles. The summed E-state index contributed by atoms with van der Waals surface area (Å²) in [5, 5.41) is 8.86. The minimum atomic E-state index is -4.41. The Morgan fingerprint density at radius 1 is 1.06 bits per heavy atom. The Hall–Kier alpha value is -1.88. The van der Waals surface area contributed by atoms with Gasteiger partial charge in [0, 0.05) is 11.8 Å². The lowest BCUT2D eigenvalue weighted by molar-refractivity contribution is -0.137. The number of hydrogen-bond acceptors (Lipinski definition) is 2. The van der Waals surface area contributed by atoms with Crippen molar-refractivity contribution < 1.29 is 18.3 Å². The lowest BCUT2D eigenvalue weighted by atomic mass is 10.0. The van der Waals surface area contributed by atoms with Crippen molar-refractivity contribution in [3.8, 4) is 11.3 Å². The molecule has 0 bridgehead atoms. The van der Waals surface area contributed by atoms with Crippen LogP contribution in [0.15, 0.2) is 42.6 Å². The number of aliphatic hydroxyl groups is 1. The molecule has 5 heteroatoms. The molecule has 1 heterocycles. The highest BCUT2D eigenvalue weighted by molar-refractivity contribution is 5.64. The van der Waals surface area contributed by atoms with Crippen molar-refractivity contribution in [3.63, 3.8) is 0 Å². The third-order valence-corrected chi connectivity index (χ3v) is 2.52. The van der Waals surface area contributed by atoms with Crippen molar-refractivity contribution in [2.75, 3.05) is 0 Å². The van der Waals surface area contributed by atoms with Crippen molar-refractivity contribution >= 4 is 0 Å². The number of hydrogen-bond donors (Lipinski definition) is 1. The Kier molecular flexibility index (Phi) is 3.34. The summed E-state index contributed by atoms with van der Waals surface area (Å²) in [4.78, 5) is 3.93. The van der Waals surface area contributed by atoms with Crippen LogP contribution in [-0.2, 0) is 12.8 Å². The van der Waals surface area contributed by atoms with Gasteiger partial charge in [0.1, 0.15) is 0 Å². The molecule has 0 radical (unpaired) electrons. The molecule has 0 atom stereocenters. The third kappa shape index (κ3) is 2.51.